The summed E-state index contributed by atoms with van der Waals surface area (Å²) < 4.78 is 0. The Kier molecular flexibility index (Phi) is 3.41. The highest BCUT2D eigenvalue weighted by Gasteiger charge is 1.97. The van der Waals surface area contributed by atoms with Crippen LogP contribution in [0.2, 0.25) is 0 Å². The summed E-state index contributed by atoms with van der Waals surface area (Å²) in [7, 11) is 0. The number of hydrogen-bond acceptors (Lipinski definition) is 2. The SMILES string of the molecule is C=Cc1cc(CN)ccc1N=CC. The van der Waals surface area contributed by atoms with Crippen LogP contribution in [-0.2, 0) is 6.54 Å². The summed E-state index contributed by atoms with van der Waals surface area (Å²) >= 11 is 0. The summed E-state index contributed by atoms with van der Waals surface area (Å²) in [6.45, 7) is 6.18. The second-order valence-corrected chi connectivity index (χ2v) is 2.69. The zero-order valence-corrected chi connectivity index (χ0v) is 7.83. The van der Waals surface area contributed by atoms with Gasteiger partial charge < -0.3 is 5.73 Å². The smallest absolute Gasteiger partial charge is 0.0697 e. The third-order valence-electron chi connectivity index (χ3n) is 1.82. The molecule has 13 heavy (non-hydrogen) atoms. The Balaban J connectivity index is 3.15. The Bertz CT molecular complexity index is 327. The van der Waals surface area contributed by atoms with Gasteiger partial charge in [-0.3, -0.25) is 4.99 Å². The van der Waals surface area contributed by atoms with Crippen molar-refractivity contribution in [1.29, 1.82) is 0 Å². The number of aliphatic imine (C=N–C) groups is 1. The Labute approximate surface area is 78.8 Å². The van der Waals surface area contributed by atoms with Crippen LogP contribution in [0, 0.1) is 0 Å². The van der Waals surface area contributed by atoms with Crippen LogP contribution in [-0.4, -0.2) is 6.21 Å². The van der Waals surface area contributed by atoms with Gasteiger partial charge in [0.1, 0.15) is 0 Å². The molecule has 0 aliphatic rings. The second-order valence-electron chi connectivity index (χ2n) is 2.69. The molecule has 0 aromatic heterocycles. The Morgan fingerprint density at radius 3 is 2.85 bits per heavy atom. The van der Waals surface area contributed by atoms with Gasteiger partial charge in [-0.2, -0.15) is 0 Å². The molecule has 2 N–H and O–H groups in total. The maximum atomic E-state index is 5.52. The summed E-state index contributed by atoms with van der Waals surface area (Å²) in [4.78, 5) is 4.22. The Morgan fingerprint density at radius 2 is 2.31 bits per heavy atom. The fraction of sp³-hybridized carbons (Fsp3) is 0.182. The molecule has 0 aliphatic heterocycles. The maximum absolute atomic E-state index is 5.52. The zero-order chi connectivity index (χ0) is 9.68. The molecule has 2 heteroatoms. The number of hydrogen-bond donors (Lipinski definition) is 1. The van der Waals surface area contributed by atoms with E-state index >= 15 is 0 Å². The van der Waals surface area contributed by atoms with E-state index in [0.717, 1.165) is 16.8 Å². The van der Waals surface area contributed by atoms with Crippen molar-refractivity contribution in [1.82, 2.24) is 0 Å². The van der Waals surface area contributed by atoms with Crippen molar-refractivity contribution < 1.29 is 0 Å². The number of benzene rings is 1. The van der Waals surface area contributed by atoms with Crippen molar-refractivity contribution in [2.75, 3.05) is 0 Å². The van der Waals surface area contributed by atoms with Gasteiger partial charge in [-0.25, -0.2) is 0 Å². The second kappa shape index (κ2) is 4.58. The normalized spacial score (nSPS) is 10.6. The van der Waals surface area contributed by atoms with Gasteiger partial charge >= 0.3 is 0 Å². The largest absolute Gasteiger partial charge is 0.326 e. The summed E-state index contributed by atoms with van der Waals surface area (Å²) in [5.41, 5.74) is 8.59. The standard InChI is InChI=1S/C11H14N2/c1-3-10-7-9(8-12)5-6-11(10)13-4-2/h3-7H,1,8,12H2,2H3. The minimum atomic E-state index is 0.553. The molecule has 0 heterocycles. The van der Waals surface area contributed by atoms with Crippen molar-refractivity contribution in [3.05, 3.63) is 35.9 Å². The van der Waals surface area contributed by atoms with Gasteiger partial charge in [0.15, 0.2) is 0 Å². The van der Waals surface area contributed by atoms with Crippen LogP contribution >= 0.6 is 0 Å². The quantitative estimate of drug-likeness (QED) is 0.702. The summed E-state index contributed by atoms with van der Waals surface area (Å²) in [5, 5.41) is 0. The monoisotopic (exact) mass is 174 g/mol. The highest BCUT2D eigenvalue weighted by atomic mass is 14.7. The van der Waals surface area contributed by atoms with Crippen LogP contribution in [0.5, 0.6) is 0 Å². The first-order valence-electron chi connectivity index (χ1n) is 4.26. The van der Waals surface area contributed by atoms with E-state index in [0.29, 0.717) is 6.54 Å². The molecular weight excluding hydrogens is 160 g/mol. The van der Waals surface area contributed by atoms with E-state index in [1.807, 2.05) is 25.1 Å². The van der Waals surface area contributed by atoms with Crippen molar-refractivity contribution in [2.24, 2.45) is 10.7 Å². The van der Waals surface area contributed by atoms with Crippen molar-refractivity contribution in [3.63, 3.8) is 0 Å². The molecule has 1 rings (SSSR count). The molecule has 0 bridgehead atoms. The molecule has 0 radical (unpaired) electrons. The van der Waals surface area contributed by atoms with Crippen LogP contribution < -0.4 is 5.73 Å². The lowest BCUT2D eigenvalue weighted by Gasteiger charge is -2.02. The van der Waals surface area contributed by atoms with E-state index in [1.165, 1.54) is 0 Å². The first-order valence-corrected chi connectivity index (χ1v) is 4.26. The van der Waals surface area contributed by atoms with Gasteiger partial charge in [0.05, 0.1) is 5.69 Å². The van der Waals surface area contributed by atoms with Crippen LogP contribution in [0.15, 0.2) is 29.8 Å². The lowest BCUT2D eigenvalue weighted by molar-refractivity contribution is 1.07. The molecule has 0 saturated carbocycles. The van der Waals surface area contributed by atoms with Gasteiger partial charge in [0, 0.05) is 12.8 Å². The summed E-state index contributed by atoms with van der Waals surface area (Å²) in [6.07, 6.45) is 3.56. The predicted octanol–water partition coefficient (Wildman–Crippen LogP) is 2.51. The van der Waals surface area contributed by atoms with E-state index in [1.54, 1.807) is 12.3 Å². The molecule has 0 atom stereocenters. The highest BCUT2D eigenvalue weighted by Crippen LogP contribution is 2.21. The van der Waals surface area contributed by atoms with Crippen LogP contribution in [0.25, 0.3) is 6.08 Å². The van der Waals surface area contributed by atoms with Gasteiger partial charge in [0.25, 0.3) is 0 Å². The lowest BCUT2D eigenvalue weighted by Crippen LogP contribution is -1.95. The van der Waals surface area contributed by atoms with Crippen LogP contribution in [0.1, 0.15) is 18.1 Å². The van der Waals surface area contributed by atoms with E-state index in [-0.39, 0.29) is 0 Å². The molecule has 0 unspecified atom stereocenters. The van der Waals surface area contributed by atoms with Crippen LogP contribution in [0.4, 0.5) is 5.69 Å². The first-order chi connectivity index (χ1) is 6.31. The first kappa shape index (κ1) is 9.68. The number of nitrogens with two attached hydrogens (primary N) is 1. The molecular formula is C11H14N2. The Hall–Kier alpha value is -1.41. The molecule has 68 valence electrons. The number of nitrogens with zero attached hydrogens (tertiary/aromatic N) is 1. The summed E-state index contributed by atoms with van der Waals surface area (Å²) in [6, 6.07) is 5.95. The molecule has 1 aromatic rings. The van der Waals surface area contributed by atoms with E-state index in [2.05, 4.69) is 11.6 Å². The fourth-order valence-corrected chi connectivity index (χ4v) is 1.15. The van der Waals surface area contributed by atoms with Gasteiger partial charge in [-0.1, -0.05) is 18.7 Å². The molecule has 0 spiro atoms. The van der Waals surface area contributed by atoms with Gasteiger partial charge in [-0.15, -0.1) is 0 Å². The lowest BCUT2D eigenvalue weighted by atomic mass is 10.1. The molecule has 0 amide bonds. The molecule has 2 nitrogen and oxygen atoms in total. The van der Waals surface area contributed by atoms with Crippen molar-refractivity contribution >= 4 is 18.0 Å². The summed E-state index contributed by atoms with van der Waals surface area (Å²) in [5.74, 6) is 0. The van der Waals surface area contributed by atoms with Crippen molar-refractivity contribution in [2.45, 2.75) is 13.5 Å². The third kappa shape index (κ3) is 2.26. The topological polar surface area (TPSA) is 38.4 Å². The molecule has 0 saturated heterocycles. The van der Waals surface area contributed by atoms with Crippen molar-refractivity contribution in [3.8, 4) is 0 Å². The maximum Gasteiger partial charge on any atom is 0.0697 e. The zero-order valence-electron chi connectivity index (χ0n) is 7.83. The Morgan fingerprint density at radius 1 is 1.54 bits per heavy atom. The number of rotatable bonds is 3. The van der Waals surface area contributed by atoms with E-state index in [9.17, 15) is 0 Å². The van der Waals surface area contributed by atoms with Gasteiger partial charge in [-0.05, 0) is 30.2 Å². The minimum absolute atomic E-state index is 0.553. The fourth-order valence-electron chi connectivity index (χ4n) is 1.15. The molecule has 1 aromatic carbocycles. The highest BCUT2D eigenvalue weighted by molar-refractivity contribution is 5.69. The molecule has 0 fully saturated rings. The van der Waals surface area contributed by atoms with Gasteiger partial charge in [0.2, 0.25) is 0 Å². The molecule has 0 aliphatic carbocycles. The van der Waals surface area contributed by atoms with E-state index in [4.69, 9.17) is 5.73 Å². The van der Waals surface area contributed by atoms with E-state index < -0.39 is 0 Å². The third-order valence-corrected chi connectivity index (χ3v) is 1.82. The van der Waals surface area contributed by atoms with Crippen LogP contribution in [0.3, 0.4) is 0 Å². The minimum Gasteiger partial charge on any atom is -0.326 e. The average Bonchev–Trinajstić information content (AvgIpc) is 2.19. The predicted molar refractivity (Wildman–Crippen MR) is 58.3 cm³/mol. The average molecular weight is 174 g/mol.